The third kappa shape index (κ3) is 7.00. The van der Waals surface area contributed by atoms with E-state index >= 15 is 0 Å². The number of morpholine rings is 1. The van der Waals surface area contributed by atoms with Gasteiger partial charge in [0.05, 0.1) is 18.0 Å². The van der Waals surface area contributed by atoms with Gasteiger partial charge in [0.1, 0.15) is 10.1 Å². The van der Waals surface area contributed by atoms with Crippen LogP contribution in [0.25, 0.3) is 0 Å². The minimum Gasteiger partial charge on any atom is -0.406 e. The van der Waals surface area contributed by atoms with Gasteiger partial charge in [-0.2, -0.15) is 0 Å². The number of hydrogen-bond acceptors (Lipinski definition) is 5. The predicted molar refractivity (Wildman–Crippen MR) is 98.4 cm³/mol. The van der Waals surface area contributed by atoms with Crippen molar-refractivity contribution in [2.24, 2.45) is 0 Å². The minimum atomic E-state index is -4.74. The lowest BCUT2D eigenvalue weighted by Crippen LogP contribution is -2.47. The Kier molecular flexibility index (Phi) is 7.13. The molecule has 144 valence electrons. The third-order valence-electron chi connectivity index (χ3n) is 3.38. The highest BCUT2D eigenvalue weighted by molar-refractivity contribution is 8.23. The molecule has 10 heteroatoms. The molecule has 0 unspecified atom stereocenters. The van der Waals surface area contributed by atoms with Crippen LogP contribution in [0.5, 0.6) is 5.75 Å². The van der Waals surface area contributed by atoms with E-state index in [0.29, 0.717) is 23.1 Å². The first-order chi connectivity index (χ1) is 12.1. The molecule has 0 saturated carbocycles. The van der Waals surface area contributed by atoms with E-state index in [2.05, 4.69) is 10.1 Å². The SMILES string of the molecule is C[C@H]1CN(C(=S)SCC(=O)Nc2ccc(OC(F)(F)F)cc2)C[C@H](C)O1. The number of carbonyl (C=O) groups is 1. The molecule has 1 aliphatic rings. The van der Waals surface area contributed by atoms with Gasteiger partial charge in [-0.3, -0.25) is 4.79 Å². The lowest BCUT2D eigenvalue weighted by atomic mass is 10.2. The Morgan fingerprint density at radius 1 is 1.31 bits per heavy atom. The molecule has 2 atom stereocenters. The number of halogens is 3. The van der Waals surface area contributed by atoms with Crippen molar-refractivity contribution in [1.29, 1.82) is 0 Å². The monoisotopic (exact) mass is 408 g/mol. The smallest absolute Gasteiger partial charge is 0.406 e. The fraction of sp³-hybridized carbons (Fsp3) is 0.500. The molecule has 1 N–H and O–H groups in total. The summed E-state index contributed by atoms with van der Waals surface area (Å²) in [6, 6.07) is 4.95. The number of nitrogens with one attached hydrogen (secondary N) is 1. The van der Waals surface area contributed by atoms with E-state index in [1.54, 1.807) is 0 Å². The molecule has 0 spiro atoms. The predicted octanol–water partition coefficient (Wildman–Crippen LogP) is 3.65. The Morgan fingerprint density at radius 3 is 2.42 bits per heavy atom. The van der Waals surface area contributed by atoms with Crippen LogP contribution in [0.4, 0.5) is 18.9 Å². The molecule has 26 heavy (non-hydrogen) atoms. The van der Waals surface area contributed by atoms with Gasteiger partial charge in [0.15, 0.2) is 0 Å². The number of hydrogen-bond donors (Lipinski definition) is 1. The molecule has 1 saturated heterocycles. The molecule has 1 amide bonds. The molecule has 2 rings (SSSR count). The van der Waals surface area contributed by atoms with Gasteiger partial charge >= 0.3 is 6.36 Å². The fourth-order valence-corrected chi connectivity index (χ4v) is 3.47. The number of ether oxygens (including phenoxy) is 2. The molecule has 0 aromatic heterocycles. The molecule has 1 aromatic rings. The summed E-state index contributed by atoms with van der Waals surface area (Å²) in [5.74, 6) is -0.530. The number of alkyl halides is 3. The molecule has 1 aliphatic heterocycles. The summed E-state index contributed by atoms with van der Waals surface area (Å²) in [5.41, 5.74) is 0.379. The number of thioether (sulfide) groups is 1. The maximum absolute atomic E-state index is 12.1. The second-order valence-electron chi connectivity index (χ2n) is 5.84. The van der Waals surface area contributed by atoms with Crippen LogP contribution in [0.2, 0.25) is 0 Å². The minimum absolute atomic E-state index is 0.0727. The number of benzene rings is 1. The van der Waals surface area contributed by atoms with Crippen LogP contribution >= 0.6 is 24.0 Å². The van der Waals surface area contributed by atoms with Gasteiger partial charge in [0.2, 0.25) is 5.91 Å². The van der Waals surface area contributed by atoms with E-state index < -0.39 is 6.36 Å². The van der Waals surface area contributed by atoms with Crippen LogP contribution in [0.1, 0.15) is 13.8 Å². The molecule has 1 heterocycles. The van der Waals surface area contributed by atoms with Gasteiger partial charge in [-0.25, -0.2) is 0 Å². The van der Waals surface area contributed by atoms with E-state index in [9.17, 15) is 18.0 Å². The summed E-state index contributed by atoms with van der Waals surface area (Å²) in [6.07, 6.45) is -4.60. The first kappa shape index (κ1) is 20.8. The Balaban J connectivity index is 1.78. The summed E-state index contributed by atoms with van der Waals surface area (Å²) in [6.45, 7) is 5.29. The van der Waals surface area contributed by atoms with Crippen molar-refractivity contribution in [2.45, 2.75) is 32.4 Å². The lowest BCUT2D eigenvalue weighted by molar-refractivity contribution is -0.274. The lowest BCUT2D eigenvalue weighted by Gasteiger charge is -2.36. The Hall–Kier alpha value is -1.52. The largest absolute Gasteiger partial charge is 0.573 e. The van der Waals surface area contributed by atoms with Crippen LogP contribution in [0.3, 0.4) is 0 Å². The first-order valence-electron chi connectivity index (χ1n) is 7.85. The third-order valence-corrected chi connectivity index (χ3v) is 4.90. The Morgan fingerprint density at radius 2 is 1.88 bits per heavy atom. The molecule has 5 nitrogen and oxygen atoms in total. The molecule has 1 aromatic carbocycles. The zero-order chi connectivity index (χ0) is 19.3. The molecular formula is C16H19F3N2O3S2. The quantitative estimate of drug-likeness (QED) is 0.768. The highest BCUT2D eigenvalue weighted by Crippen LogP contribution is 2.24. The fourth-order valence-electron chi connectivity index (χ4n) is 2.48. The molecular weight excluding hydrogens is 389 g/mol. The number of amides is 1. The second-order valence-corrected chi connectivity index (χ2v) is 7.45. The van der Waals surface area contributed by atoms with Crippen LogP contribution in [0, 0.1) is 0 Å². The van der Waals surface area contributed by atoms with Crippen molar-refractivity contribution in [1.82, 2.24) is 4.90 Å². The van der Waals surface area contributed by atoms with E-state index in [1.165, 1.54) is 23.9 Å². The van der Waals surface area contributed by atoms with Crippen LogP contribution in [0.15, 0.2) is 24.3 Å². The standard InChI is InChI=1S/C16H19F3N2O3S2/c1-10-7-21(8-11(2)23-10)15(25)26-9-14(22)20-12-3-5-13(6-4-12)24-16(17,18)19/h3-6,10-11H,7-9H2,1-2H3,(H,20,22)/t10-,11-/m0/s1. The van der Waals surface area contributed by atoms with E-state index in [0.717, 1.165) is 12.1 Å². The van der Waals surface area contributed by atoms with Gasteiger partial charge in [-0.15, -0.1) is 13.2 Å². The average Bonchev–Trinajstić information content (AvgIpc) is 2.52. The van der Waals surface area contributed by atoms with Gasteiger partial charge in [-0.1, -0.05) is 24.0 Å². The number of nitrogens with zero attached hydrogens (tertiary/aromatic N) is 1. The van der Waals surface area contributed by atoms with Gasteiger partial charge in [0, 0.05) is 18.8 Å². The second kappa shape index (κ2) is 8.92. The van der Waals surface area contributed by atoms with Crippen LogP contribution in [-0.4, -0.2) is 52.5 Å². The number of anilines is 1. The number of rotatable bonds is 4. The highest BCUT2D eigenvalue weighted by Gasteiger charge is 2.31. The summed E-state index contributed by atoms with van der Waals surface area (Å²) < 4.78 is 46.4. The van der Waals surface area contributed by atoms with Crippen LogP contribution in [-0.2, 0) is 9.53 Å². The summed E-state index contributed by atoms with van der Waals surface area (Å²) in [4.78, 5) is 14.0. The van der Waals surface area contributed by atoms with Crippen molar-refractivity contribution in [3.63, 3.8) is 0 Å². The molecule has 1 fully saturated rings. The van der Waals surface area contributed by atoms with Gasteiger partial charge in [0.25, 0.3) is 0 Å². The van der Waals surface area contributed by atoms with Crippen molar-refractivity contribution in [2.75, 3.05) is 24.2 Å². The summed E-state index contributed by atoms with van der Waals surface area (Å²) >= 11 is 6.60. The maximum atomic E-state index is 12.1. The normalized spacial score (nSPS) is 20.6. The molecule has 0 bridgehead atoms. The van der Waals surface area contributed by atoms with Crippen LogP contribution < -0.4 is 10.1 Å². The Labute approximate surface area is 159 Å². The van der Waals surface area contributed by atoms with E-state index in [4.69, 9.17) is 17.0 Å². The van der Waals surface area contributed by atoms with E-state index in [-0.39, 0.29) is 29.6 Å². The molecule has 0 radical (unpaired) electrons. The maximum Gasteiger partial charge on any atom is 0.573 e. The highest BCUT2D eigenvalue weighted by atomic mass is 32.2. The zero-order valence-corrected chi connectivity index (χ0v) is 15.8. The van der Waals surface area contributed by atoms with Gasteiger partial charge < -0.3 is 19.7 Å². The average molecular weight is 408 g/mol. The zero-order valence-electron chi connectivity index (χ0n) is 14.2. The van der Waals surface area contributed by atoms with Gasteiger partial charge in [-0.05, 0) is 38.1 Å². The summed E-state index contributed by atoms with van der Waals surface area (Å²) in [7, 11) is 0. The van der Waals surface area contributed by atoms with Crippen molar-refractivity contribution >= 4 is 39.9 Å². The topological polar surface area (TPSA) is 50.8 Å². The number of carbonyl (C=O) groups excluding carboxylic acids is 1. The van der Waals surface area contributed by atoms with Crippen molar-refractivity contribution in [3.05, 3.63) is 24.3 Å². The van der Waals surface area contributed by atoms with Crippen molar-refractivity contribution < 1.29 is 27.4 Å². The summed E-state index contributed by atoms with van der Waals surface area (Å²) in [5, 5.41) is 2.61. The number of thiocarbonyl (C=S) groups is 1. The molecule has 0 aliphatic carbocycles. The first-order valence-corrected chi connectivity index (χ1v) is 9.24. The Bertz CT molecular complexity index is 631. The van der Waals surface area contributed by atoms with E-state index in [1.807, 2.05) is 18.7 Å². The van der Waals surface area contributed by atoms with Crippen molar-refractivity contribution in [3.8, 4) is 5.75 Å².